The molecular formula is C25H39NO3. The van der Waals surface area contributed by atoms with E-state index in [2.05, 4.69) is 33.8 Å². The molecule has 5 aliphatic carbocycles. The molecule has 0 aromatic heterocycles. The molecule has 4 nitrogen and oxygen atoms in total. The van der Waals surface area contributed by atoms with Gasteiger partial charge >= 0.3 is 0 Å². The zero-order valence-corrected chi connectivity index (χ0v) is 18.6. The third-order valence-corrected chi connectivity index (χ3v) is 11.6. The second-order valence-corrected chi connectivity index (χ2v) is 12.1. The van der Waals surface area contributed by atoms with Gasteiger partial charge in [0.15, 0.2) is 0 Å². The molecule has 12 atom stereocenters. The Bertz CT molecular complexity index is 749. The molecule has 3 N–H and O–H groups in total. The van der Waals surface area contributed by atoms with E-state index in [9.17, 15) is 20.6 Å². The summed E-state index contributed by atoms with van der Waals surface area (Å²) >= 11 is 0. The number of nitriles is 1. The molecule has 0 aromatic rings. The molecule has 6 unspecified atom stereocenters. The van der Waals surface area contributed by atoms with E-state index in [1.807, 2.05) is 0 Å². The van der Waals surface area contributed by atoms with Crippen molar-refractivity contribution in [2.75, 3.05) is 0 Å². The first-order valence-electron chi connectivity index (χ1n) is 12.0. The van der Waals surface area contributed by atoms with Crippen LogP contribution in [0, 0.1) is 63.6 Å². The molecular weight excluding hydrogens is 362 g/mol. The Morgan fingerprint density at radius 2 is 1.72 bits per heavy atom. The highest BCUT2D eigenvalue weighted by atomic mass is 16.3. The molecule has 0 spiro atoms. The summed E-state index contributed by atoms with van der Waals surface area (Å²) in [6.45, 7) is 9.18. The topological polar surface area (TPSA) is 84.5 Å². The predicted octanol–water partition coefficient (Wildman–Crippen LogP) is 3.89. The van der Waals surface area contributed by atoms with Crippen LogP contribution in [0.2, 0.25) is 0 Å². The number of fused-ring (bicyclic) bond motifs is 8. The van der Waals surface area contributed by atoms with Gasteiger partial charge in [-0.05, 0) is 90.8 Å². The average molecular weight is 402 g/mol. The van der Waals surface area contributed by atoms with Crippen molar-refractivity contribution >= 4 is 0 Å². The minimum Gasteiger partial charge on any atom is -0.393 e. The van der Waals surface area contributed by atoms with Crippen LogP contribution in [0.1, 0.15) is 79.1 Å². The van der Waals surface area contributed by atoms with Crippen LogP contribution in [0.5, 0.6) is 0 Å². The largest absolute Gasteiger partial charge is 0.393 e. The van der Waals surface area contributed by atoms with Crippen molar-refractivity contribution in [2.45, 2.75) is 96.4 Å². The molecule has 5 rings (SSSR count). The average Bonchev–Trinajstić information content (AvgIpc) is 3.46. The Kier molecular flexibility index (Phi) is 4.19. The highest BCUT2D eigenvalue weighted by Crippen LogP contribution is 2.78. The molecule has 0 aromatic carbocycles. The molecule has 162 valence electrons. The van der Waals surface area contributed by atoms with E-state index in [-0.39, 0.29) is 22.9 Å². The second kappa shape index (κ2) is 5.99. The van der Waals surface area contributed by atoms with Gasteiger partial charge in [-0.15, -0.1) is 0 Å². The predicted molar refractivity (Wildman–Crippen MR) is 110 cm³/mol. The van der Waals surface area contributed by atoms with Crippen LogP contribution in [-0.4, -0.2) is 32.6 Å². The van der Waals surface area contributed by atoms with E-state index < -0.39 is 11.2 Å². The maximum absolute atomic E-state index is 12.0. The monoisotopic (exact) mass is 401 g/mol. The summed E-state index contributed by atoms with van der Waals surface area (Å²) in [5.41, 5.74) is -1.74. The maximum Gasteiger partial charge on any atom is 0.0759 e. The molecule has 0 amide bonds. The molecule has 29 heavy (non-hydrogen) atoms. The van der Waals surface area contributed by atoms with Crippen molar-refractivity contribution < 1.29 is 15.3 Å². The molecule has 0 bridgehead atoms. The molecule has 0 aliphatic heterocycles. The molecule has 0 saturated heterocycles. The first kappa shape index (κ1) is 20.3. The lowest BCUT2D eigenvalue weighted by Gasteiger charge is -2.64. The van der Waals surface area contributed by atoms with Crippen molar-refractivity contribution in [1.29, 1.82) is 5.26 Å². The maximum atomic E-state index is 12.0. The minimum atomic E-state index is -0.764. The molecule has 5 fully saturated rings. The normalized spacial score (nSPS) is 63.0. The van der Waals surface area contributed by atoms with Crippen LogP contribution < -0.4 is 0 Å². The summed E-state index contributed by atoms with van der Waals surface area (Å²) in [7, 11) is 0. The minimum absolute atomic E-state index is 0.119. The molecule has 0 radical (unpaired) electrons. The van der Waals surface area contributed by atoms with Gasteiger partial charge in [-0.2, -0.15) is 5.26 Å². The molecule has 5 aliphatic rings. The third kappa shape index (κ3) is 2.21. The first-order valence-corrected chi connectivity index (χ1v) is 12.0. The quantitative estimate of drug-likeness (QED) is 0.655. The fourth-order valence-corrected chi connectivity index (χ4v) is 9.91. The van der Waals surface area contributed by atoms with E-state index in [1.165, 1.54) is 0 Å². The zero-order chi connectivity index (χ0) is 21.0. The number of nitrogens with zero attached hydrogens (tertiary/aromatic N) is 1. The van der Waals surface area contributed by atoms with Gasteiger partial charge in [0, 0.05) is 12.8 Å². The highest BCUT2D eigenvalue weighted by molar-refractivity contribution is 5.26. The summed E-state index contributed by atoms with van der Waals surface area (Å²) in [6.07, 6.45) is 6.05. The van der Waals surface area contributed by atoms with Gasteiger partial charge in [0.05, 0.1) is 23.4 Å². The summed E-state index contributed by atoms with van der Waals surface area (Å²) in [4.78, 5) is 0. The smallest absolute Gasteiger partial charge is 0.0759 e. The number of aliphatic hydroxyl groups excluding tert-OH is 1. The summed E-state index contributed by atoms with van der Waals surface area (Å²) in [5, 5.41) is 43.4. The van der Waals surface area contributed by atoms with Gasteiger partial charge in [0.1, 0.15) is 0 Å². The van der Waals surface area contributed by atoms with Crippen LogP contribution in [0.3, 0.4) is 0 Å². The van der Waals surface area contributed by atoms with E-state index in [1.54, 1.807) is 0 Å². The van der Waals surface area contributed by atoms with Crippen LogP contribution in [0.4, 0.5) is 0 Å². The molecule has 4 heteroatoms. The summed E-state index contributed by atoms with van der Waals surface area (Å²) < 4.78 is 0. The van der Waals surface area contributed by atoms with Crippen LogP contribution in [0.15, 0.2) is 0 Å². The number of hydrogen-bond acceptors (Lipinski definition) is 4. The van der Waals surface area contributed by atoms with E-state index in [0.717, 1.165) is 32.1 Å². The lowest BCUT2D eigenvalue weighted by atomic mass is 9.42. The number of rotatable bonds is 2. The van der Waals surface area contributed by atoms with Crippen molar-refractivity contribution in [3.63, 3.8) is 0 Å². The first-order chi connectivity index (χ1) is 13.5. The van der Waals surface area contributed by atoms with Gasteiger partial charge in [-0.25, -0.2) is 0 Å². The Morgan fingerprint density at radius 3 is 2.41 bits per heavy atom. The summed E-state index contributed by atoms with van der Waals surface area (Å²) in [5.74, 6) is 3.00. The lowest BCUT2D eigenvalue weighted by Crippen LogP contribution is -2.65. The van der Waals surface area contributed by atoms with Gasteiger partial charge in [-0.3, -0.25) is 0 Å². The standard InChI is InChI=1S/C25H39NO3/c1-14-15(2)24(28,8-5-11-26)23(4)10-7-18-20(21(14)23)17-12-19(17)25(29)13-16(27)6-9-22(18,25)3/h14-21,27-29H,5-10,12-13H2,1-4H3/t14-,15?,16+,17?,18?,19?,20?,21?,22-,23+,24+,25-/m1/s1. The Balaban J connectivity index is 1.55. The van der Waals surface area contributed by atoms with Gasteiger partial charge in [0.25, 0.3) is 0 Å². The van der Waals surface area contributed by atoms with Crippen molar-refractivity contribution in [3.05, 3.63) is 0 Å². The van der Waals surface area contributed by atoms with Crippen molar-refractivity contribution in [3.8, 4) is 6.07 Å². The van der Waals surface area contributed by atoms with Gasteiger partial charge < -0.3 is 15.3 Å². The van der Waals surface area contributed by atoms with Crippen LogP contribution in [-0.2, 0) is 0 Å². The van der Waals surface area contributed by atoms with Crippen LogP contribution in [0.25, 0.3) is 0 Å². The number of aliphatic hydroxyl groups is 3. The lowest BCUT2D eigenvalue weighted by molar-refractivity contribution is -0.235. The van der Waals surface area contributed by atoms with Gasteiger partial charge in [0.2, 0.25) is 0 Å². The van der Waals surface area contributed by atoms with Gasteiger partial charge in [-0.1, -0.05) is 27.7 Å². The SMILES string of the molecule is CC1[C@@H](C)C2C3C4CC4[C@]4(O)C[C@@H](O)CC[C@]4(C)C3CC[C@]2(C)[C@]1(O)CCC#N. The van der Waals surface area contributed by atoms with E-state index in [0.29, 0.717) is 54.8 Å². The highest BCUT2D eigenvalue weighted by Gasteiger charge is 2.77. The van der Waals surface area contributed by atoms with Crippen molar-refractivity contribution in [1.82, 2.24) is 0 Å². The number of hydrogen-bond donors (Lipinski definition) is 3. The summed E-state index contributed by atoms with van der Waals surface area (Å²) in [6, 6.07) is 2.28. The third-order valence-electron chi connectivity index (χ3n) is 11.6. The fraction of sp³-hybridized carbons (Fsp3) is 0.960. The van der Waals surface area contributed by atoms with E-state index >= 15 is 0 Å². The molecule has 0 heterocycles. The van der Waals surface area contributed by atoms with Crippen molar-refractivity contribution in [2.24, 2.45) is 52.3 Å². The van der Waals surface area contributed by atoms with Crippen LogP contribution >= 0.6 is 0 Å². The Hall–Kier alpha value is -0.630. The molecule has 5 saturated carbocycles. The van der Waals surface area contributed by atoms with E-state index in [4.69, 9.17) is 0 Å². The Labute approximate surface area is 175 Å². The fourth-order valence-electron chi connectivity index (χ4n) is 9.91. The second-order valence-electron chi connectivity index (χ2n) is 12.1. The Morgan fingerprint density at radius 1 is 1.03 bits per heavy atom. The zero-order valence-electron chi connectivity index (χ0n) is 18.6.